The minimum Gasteiger partial charge on any atom is -0.486 e. The number of carbonyl (C=O) groups excluding carboxylic acids is 1. The van der Waals surface area contributed by atoms with E-state index in [0.717, 1.165) is 12.8 Å². The maximum absolute atomic E-state index is 12.4. The van der Waals surface area contributed by atoms with Gasteiger partial charge in [0, 0.05) is 18.5 Å². The van der Waals surface area contributed by atoms with Crippen LogP contribution in [0, 0.1) is 5.92 Å². The summed E-state index contributed by atoms with van der Waals surface area (Å²) in [6, 6.07) is 4.60. The van der Waals surface area contributed by atoms with Crippen LogP contribution in [0.3, 0.4) is 0 Å². The van der Waals surface area contributed by atoms with Gasteiger partial charge < -0.3 is 14.8 Å². The number of hydrogen-bond donors (Lipinski definition) is 1. The number of hydrogen-bond acceptors (Lipinski definition) is 5. The first-order chi connectivity index (χ1) is 11.8. The second kappa shape index (κ2) is 8.56. The number of benzene rings is 1. The lowest BCUT2D eigenvalue weighted by atomic mass is 10.0. The van der Waals surface area contributed by atoms with Gasteiger partial charge in [-0.05, 0) is 37.8 Å². The molecule has 1 amide bonds. The highest BCUT2D eigenvalue weighted by atomic mass is 32.2. The van der Waals surface area contributed by atoms with E-state index >= 15 is 0 Å². The zero-order chi connectivity index (χ0) is 18.4. The van der Waals surface area contributed by atoms with Crippen LogP contribution in [0.1, 0.15) is 40.0 Å². The van der Waals surface area contributed by atoms with Gasteiger partial charge >= 0.3 is 0 Å². The SMILES string of the molecule is CC(C)CC[C@@H](C)NC(=O)CCS(=O)(=O)c1ccc2c(c1)OCCO2. The topological polar surface area (TPSA) is 81.7 Å². The Bertz CT molecular complexity index is 699. The van der Waals surface area contributed by atoms with Crippen LogP contribution in [0.25, 0.3) is 0 Å². The summed E-state index contributed by atoms with van der Waals surface area (Å²) in [5, 5.41) is 2.86. The number of fused-ring (bicyclic) bond motifs is 1. The maximum atomic E-state index is 12.4. The lowest BCUT2D eigenvalue weighted by molar-refractivity contribution is -0.121. The second-order valence-electron chi connectivity index (χ2n) is 6.81. The normalized spacial score (nSPS) is 15.0. The van der Waals surface area contributed by atoms with Gasteiger partial charge in [-0.15, -0.1) is 0 Å². The second-order valence-corrected chi connectivity index (χ2v) is 8.92. The first-order valence-electron chi connectivity index (χ1n) is 8.69. The van der Waals surface area contributed by atoms with Crippen molar-refractivity contribution in [1.82, 2.24) is 5.32 Å². The van der Waals surface area contributed by atoms with Crippen molar-refractivity contribution >= 4 is 15.7 Å². The molecule has 0 aliphatic carbocycles. The average Bonchev–Trinajstić information content (AvgIpc) is 2.58. The van der Waals surface area contributed by atoms with Crippen molar-refractivity contribution in [2.24, 2.45) is 5.92 Å². The molecule has 1 aliphatic heterocycles. The van der Waals surface area contributed by atoms with E-state index in [-0.39, 0.29) is 29.0 Å². The number of amides is 1. The Morgan fingerprint density at radius 2 is 1.80 bits per heavy atom. The molecule has 1 heterocycles. The molecule has 0 unspecified atom stereocenters. The molecule has 1 aromatic carbocycles. The van der Waals surface area contributed by atoms with E-state index in [4.69, 9.17) is 9.47 Å². The molecule has 6 nitrogen and oxygen atoms in total. The molecule has 0 fully saturated rings. The number of rotatable bonds is 8. The molecule has 7 heteroatoms. The van der Waals surface area contributed by atoms with Crippen LogP contribution in [0.15, 0.2) is 23.1 Å². The van der Waals surface area contributed by atoms with Crippen LogP contribution in [0.5, 0.6) is 11.5 Å². The molecule has 0 saturated carbocycles. The van der Waals surface area contributed by atoms with Gasteiger partial charge in [-0.25, -0.2) is 8.42 Å². The highest BCUT2D eigenvalue weighted by Gasteiger charge is 2.21. The highest BCUT2D eigenvalue weighted by Crippen LogP contribution is 2.32. The molecule has 2 rings (SSSR count). The van der Waals surface area contributed by atoms with Gasteiger partial charge in [0.15, 0.2) is 21.3 Å². The van der Waals surface area contributed by atoms with Gasteiger partial charge in [-0.3, -0.25) is 4.79 Å². The fourth-order valence-electron chi connectivity index (χ4n) is 2.56. The first kappa shape index (κ1) is 19.6. The standard InChI is InChI=1S/C18H27NO5S/c1-13(2)4-5-14(3)19-18(20)8-11-25(21,22)15-6-7-16-17(12-15)24-10-9-23-16/h6-7,12-14H,4-5,8-11H2,1-3H3,(H,19,20)/t14-/m1/s1. The first-order valence-corrected chi connectivity index (χ1v) is 10.3. The van der Waals surface area contributed by atoms with Crippen molar-refractivity contribution in [3.8, 4) is 11.5 Å². The van der Waals surface area contributed by atoms with Crippen LogP contribution < -0.4 is 14.8 Å². The molecule has 1 atom stereocenters. The van der Waals surface area contributed by atoms with E-state index in [1.54, 1.807) is 6.07 Å². The fraction of sp³-hybridized carbons (Fsp3) is 0.611. The Balaban J connectivity index is 1.89. The summed E-state index contributed by atoms with van der Waals surface area (Å²) in [6.45, 7) is 7.06. The van der Waals surface area contributed by atoms with Crippen LogP contribution in [-0.4, -0.2) is 39.3 Å². The van der Waals surface area contributed by atoms with Crippen LogP contribution in [-0.2, 0) is 14.6 Å². The van der Waals surface area contributed by atoms with E-state index < -0.39 is 9.84 Å². The molecule has 0 saturated heterocycles. The predicted molar refractivity (Wildman–Crippen MR) is 95.8 cm³/mol. The van der Waals surface area contributed by atoms with Crippen molar-refractivity contribution in [2.75, 3.05) is 19.0 Å². The molecule has 0 spiro atoms. The van der Waals surface area contributed by atoms with Gasteiger partial charge in [0.1, 0.15) is 13.2 Å². The summed E-state index contributed by atoms with van der Waals surface area (Å²) in [5.41, 5.74) is 0. The Morgan fingerprint density at radius 3 is 2.48 bits per heavy atom. The number of ether oxygens (including phenoxy) is 2. The van der Waals surface area contributed by atoms with Crippen molar-refractivity contribution < 1.29 is 22.7 Å². The Labute approximate surface area is 149 Å². The third kappa shape index (κ3) is 5.92. The number of nitrogens with one attached hydrogen (secondary N) is 1. The Morgan fingerprint density at radius 1 is 1.12 bits per heavy atom. The summed E-state index contributed by atoms with van der Waals surface area (Å²) < 4.78 is 35.7. The van der Waals surface area contributed by atoms with E-state index in [1.807, 2.05) is 6.92 Å². The third-order valence-electron chi connectivity index (χ3n) is 4.06. The monoisotopic (exact) mass is 369 g/mol. The quantitative estimate of drug-likeness (QED) is 0.762. The Hall–Kier alpha value is -1.76. The smallest absolute Gasteiger partial charge is 0.221 e. The van der Waals surface area contributed by atoms with Gasteiger partial charge in [-0.1, -0.05) is 13.8 Å². The molecule has 0 aromatic heterocycles. The molecule has 1 aromatic rings. The van der Waals surface area contributed by atoms with Gasteiger partial charge in [0.25, 0.3) is 0 Å². The van der Waals surface area contributed by atoms with Crippen molar-refractivity contribution in [3.63, 3.8) is 0 Å². The summed E-state index contributed by atoms with van der Waals surface area (Å²) in [5.74, 6) is 1.09. The summed E-state index contributed by atoms with van der Waals surface area (Å²) >= 11 is 0. The summed E-state index contributed by atoms with van der Waals surface area (Å²) in [6.07, 6.45) is 1.86. The lowest BCUT2D eigenvalue weighted by Gasteiger charge is -2.19. The molecular formula is C18H27NO5S. The van der Waals surface area contributed by atoms with Crippen molar-refractivity contribution in [2.45, 2.75) is 51.0 Å². The molecule has 0 bridgehead atoms. The largest absolute Gasteiger partial charge is 0.486 e. The fourth-order valence-corrected chi connectivity index (χ4v) is 3.82. The predicted octanol–water partition coefficient (Wildman–Crippen LogP) is 2.56. The zero-order valence-electron chi connectivity index (χ0n) is 15.1. The minimum atomic E-state index is -3.55. The van der Waals surface area contributed by atoms with E-state index in [1.165, 1.54) is 12.1 Å². The van der Waals surface area contributed by atoms with E-state index in [9.17, 15) is 13.2 Å². The lowest BCUT2D eigenvalue weighted by Crippen LogP contribution is -2.33. The summed E-state index contributed by atoms with van der Waals surface area (Å²) in [7, 11) is -3.55. The van der Waals surface area contributed by atoms with Gasteiger partial charge in [0.2, 0.25) is 5.91 Å². The third-order valence-corrected chi connectivity index (χ3v) is 5.77. The van der Waals surface area contributed by atoms with E-state index in [2.05, 4.69) is 19.2 Å². The molecule has 140 valence electrons. The minimum absolute atomic E-state index is 0.0481. The van der Waals surface area contributed by atoms with Crippen LogP contribution in [0.2, 0.25) is 0 Å². The number of sulfone groups is 1. The van der Waals surface area contributed by atoms with Crippen LogP contribution >= 0.6 is 0 Å². The van der Waals surface area contributed by atoms with E-state index in [0.29, 0.717) is 30.6 Å². The van der Waals surface area contributed by atoms with Crippen LogP contribution in [0.4, 0.5) is 0 Å². The summed E-state index contributed by atoms with van der Waals surface area (Å²) in [4.78, 5) is 12.1. The molecule has 1 N–H and O–H groups in total. The number of carbonyl (C=O) groups is 1. The molecule has 0 radical (unpaired) electrons. The average molecular weight is 369 g/mol. The zero-order valence-corrected chi connectivity index (χ0v) is 15.9. The van der Waals surface area contributed by atoms with Gasteiger partial charge in [-0.2, -0.15) is 0 Å². The Kier molecular flexibility index (Phi) is 6.70. The maximum Gasteiger partial charge on any atom is 0.221 e. The highest BCUT2D eigenvalue weighted by molar-refractivity contribution is 7.91. The molecule has 1 aliphatic rings. The molecular weight excluding hydrogens is 342 g/mol. The van der Waals surface area contributed by atoms with Crippen molar-refractivity contribution in [1.29, 1.82) is 0 Å². The van der Waals surface area contributed by atoms with Crippen molar-refractivity contribution in [3.05, 3.63) is 18.2 Å². The van der Waals surface area contributed by atoms with Gasteiger partial charge in [0.05, 0.1) is 10.6 Å². The molecule has 25 heavy (non-hydrogen) atoms.